The fraction of sp³-hybridized carbons (Fsp3) is 0.533. The Morgan fingerprint density at radius 3 is 2.63 bits per heavy atom. The van der Waals surface area contributed by atoms with E-state index in [-0.39, 0.29) is 23.7 Å². The Kier molecular flexibility index (Phi) is 5.83. The van der Waals surface area contributed by atoms with Gasteiger partial charge in [0.05, 0.1) is 0 Å². The fourth-order valence-corrected chi connectivity index (χ4v) is 2.48. The summed E-state index contributed by atoms with van der Waals surface area (Å²) in [5.41, 5.74) is 8.32. The van der Waals surface area contributed by atoms with Gasteiger partial charge in [-0.05, 0) is 43.9 Å². The molecule has 3 N–H and O–H groups in total. The molecule has 0 heterocycles. The van der Waals surface area contributed by atoms with Crippen molar-refractivity contribution < 1.29 is 4.79 Å². The van der Waals surface area contributed by atoms with Gasteiger partial charge in [0, 0.05) is 18.4 Å². The highest BCUT2D eigenvalue weighted by atomic mass is 35.5. The van der Waals surface area contributed by atoms with Crippen molar-refractivity contribution >= 4 is 18.3 Å². The van der Waals surface area contributed by atoms with Gasteiger partial charge in [0.2, 0.25) is 5.91 Å². The third kappa shape index (κ3) is 3.95. The molecule has 1 aromatic carbocycles. The van der Waals surface area contributed by atoms with Crippen LogP contribution in [0.3, 0.4) is 0 Å². The van der Waals surface area contributed by atoms with Gasteiger partial charge in [-0.2, -0.15) is 0 Å². The average molecular weight is 283 g/mol. The van der Waals surface area contributed by atoms with Crippen LogP contribution in [0.25, 0.3) is 0 Å². The predicted octanol–water partition coefficient (Wildman–Crippen LogP) is 2.30. The number of amides is 1. The second-order valence-electron chi connectivity index (χ2n) is 5.26. The number of hydrogen-bond donors (Lipinski definition) is 2. The van der Waals surface area contributed by atoms with Gasteiger partial charge in [-0.1, -0.05) is 24.3 Å². The monoisotopic (exact) mass is 282 g/mol. The third-order valence-electron chi connectivity index (χ3n) is 3.80. The molecule has 0 spiro atoms. The molecular formula is C15H23ClN2O. The Morgan fingerprint density at radius 2 is 2.05 bits per heavy atom. The van der Waals surface area contributed by atoms with Crippen LogP contribution >= 0.6 is 12.4 Å². The van der Waals surface area contributed by atoms with Gasteiger partial charge in [0.15, 0.2) is 0 Å². The quantitative estimate of drug-likeness (QED) is 0.841. The standard InChI is InChI=1S/C15H22N2O.ClH/c1-12-5-2-3-6-13(12)15(8-9-15)11-17-14(18)7-4-10-16;/h2-3,5-6H,4,7-11,16H2,1H3,(H,17,18);1H. The van der Waals surface area contributed by atoms with Crippen molar-refractivity contribution in [1.82, 2.24) is 5.32 Å². The van der Waals surface area contributed by atoms with Crippen LogP contribution in [0.5, 0.6) is 0 Å². The molecule has 4 heteroatoms. The molecule has 0 bridgehead atoms. The van der Waals surface area contributed by atoms with Crippen molar-refractivity contribution in [1.29, 1.82) is 0 Å². The highest BCUT2D eigenvalue weighted by Crippen LogP contribution is 2.48. The van der Waals surface area contributed by atoms with Gasteiger partial charge in [-0.15, -0.1) is 12.4 Å². The molecule has 0 unspecified atom stereocenters. The van der Waals surface area contributed by atoms with Crippen molar-refractivity contribution in [2.45, 2.75) is 38.0 Å². The van der Waals surface area contributed by atoms with E-state index in [4.69, 9.17) is 5.73 Å². The van der Waals surface area contributed by atoms with Gasteiger partial charge in [-0.3, -0.25) is 4.79 Å². The summed E-state index contributed by atoms with van der Waals surface area (Å²) in [6.07, 6.45) is 3.66. The van der Waals surface area contributed by atoms with Gasteiger partial charge >= 0.3 is 0 Å². The van der Waals surface area contributed by atoms with Crippen molar-refractivity contribution in [3.8, 4) is 0 Å². The van der Waals surface area contributed by atoms with Crippen LogP contribution in [-0.2, 0) is 10.2 Å². The van der Waals surface area contributed by atoms with Crippen LogP contribution in [0, 0.1) is 6.92 Å². The molecule has 1 saturated carbocycles. The normalized spacial score (nSPS) is 15.5. The van der Waals surface area contributed by atoms with Crippen molar-refractivity contribution in [3.05, 3.63) is 35.4 Å². The molecule has 1 aliphatic carbocycles. The zero-order chi connectivity index (χ0) is 13.0. The van der Waals surface area contributed by atoms with E-state index < -0.39 is 0 Å². The Morgan fingerprint density at radius 1 is 1.37 bits per heavy atom. The lowest BCUT2D eigenvalue weighted by Gasteiger charge is -2.18. The minimum absolute atomic E-state index is 0. The van der Waals surface area contributed by atoms with Crippen LogP contribution < -0.4 is 11.1 Å². The number of rotatable bonds is 6. The lowest BCUT2D eigenvalue weighted by molar-refractivity contribution is -0.121. The lowest BCUT2D eigenvalue weighted by Crippen LogP contribution is -2.32. The minimum atomic E-state index is 0. The zero-order valence-corrected chi connectivity index (χ0v) is 12.3. The number of aryl methyl sites for hydroxylation is 1. The molecule has 1 aromatic rings. The minimum Gasteiger partial charge on any atom is -0.355 e. The van der Waals surface area contributed by atoms with Gasteiger partial charge < -0.3 is 11.1 Å². The molecular weight excluding hydrogens is 260 g/mol. The first kappa shape index (κ1) is 16.0. The number of halogens is 1. The van der Waals surface area contributed by atoms with E-state index in [2.05, 4.69) is 36.5 Å². The number of hydrogen-bond acceptors (Lipinski definition) is 2. The van der Waals surface area contributed by atoms with Gasteiger partial charge in [0.25, 0.3) is 0 Å². The van der Waals surface area contributed by atoms with E-state index in [1.54, 1.807) is 0 Å². The maximum Gasteiger partial charge on any atom is 0.220 e. The van der Waals surface area contributed by atoms with Crippen LogP contribution in [-0.4, -0.2) is 19.0 Å². The first-order chi connectivity index (χ1) is 8.68. The summed E-state index contributed by atoms with van der Waals surface area (Å²) in [4.78, 5) is 11.6. The summed E-state index contributed by atoms with van der Waals surface area (Å²) >= 11 is 0. The molecule has 0 radical (unpaired) electrons. The second kappa shape index (κ2) is 6.92. The summed E-state index contributed by atoms with van der Waals surface area (Å²) < 4.78 is 0. The highest BCUT2D eigenvalue weighted by Gasteiger charge is 2.44. The summed E-state index contributed by atoms with van der Waals surface area (Å²) in [5.74, 6) is 0.125. The molecule has 0 aromatic heterocycles. The van der Waals surface area contributed by atoms with Crippen molar-refractivity contribution in [2.75, 3.05) is 13.1 Å². The predicted molar refractivity (Wildman–Crippen MR) is 80.6 cm³/mol. The second-order valence-corrected chi connectivity index (χ2v) is 5.26. The smallest absolute Gasteiger partial charge is 0.220 e. The first-order valence-electron chi connectivity index (χ1n) is 6.71. The number of carbonyl (C=O) groups excluding carboxylic acids is 1. The maximum atomic E-state index is 11.6. The Hall–Kier alpha value is -1.06. The van der Waals surface area contributed by atoms with Crippen LogP contribution in [0.15, 0.2) is 24.3 Å². The Bertz CT molecular complexity index is 430. The maximum absolute atomic E-state index is 11.6. The van der Waals surface area contributed by atoms with Crippen LogP contribution in [0.2, 0.25) is 0 Å². The number of nitrogens with one attached hydrogen (secondary N) is 1. The molecule has 0 atom stereocenters. The molecule has 0 aliphatic heterocycles. The van der Waals surface area contributed by atoms with Gasteiger partial charge in [0.1, 0.15) is 0 Å². The molecule has 3 nitrogen and oxygen atoms in total. The van der Waals surface area contributed by atoms with Crippen LogP contribution in [0.4, 0.5) is 0 Å². The lowest BCUT2D eigenvalue weighted by atomic mass is 9.92. The summed E-state index contributed by atoms with van der Waals surface area (Å²) in [5, 5.41) is 3.05. The Labute approximate surface area is 121 Å². The topological polar surface area (TPSA) is 55.1 Å². The zero-order valence-electron chi connectivity index (χ0n) is 11.4. The molecule has 1 fully saturated rings. The van der Waals surface area contributed by atoms with E-state index >= 15 is 0 Å². The molecule has 0 saturated heterocycles. The van der Waals surface area contributed by atoms with E-state index in [9.17, 15) is 4.79 Å². The van der Waals surface area contributed by atoms with Crippen molar-refractivity contribution in [2.24, 2.45) is 5.73 Å². The van der Waals surface area contributed by atoms with E-state index in [1.165, 1.54) is 24.0 Å². The SMILES string of the molecule is Cc1ccccc1C1(CNC(=O)CCCN)CC1.Cl. The van der Waals surface area contributed by atoms with Crippen molar-refractivity contribution in [3.63, 3.8) is 0 Å². The summed E-state index contributed by atoms with van der Waals surface area (Å²) in [7, 11) is 0. The third-order valence-corrected chi connectivity index (χ3v) is 3.80. The molecule has 2 rings (SSSR count). The Balaban J connectivity index is 0.00000180. The number of carbonyl (C=O) groups is 1. The van der Waals surface area contributed by atoms with Crippen LogP contribution in [0.1, 0.15) is 36.8 Å². The highest BCUT2D eigenvalue weighted by molar-refractivity contribution is 5.85. The fourth-order valence-electron chi connectivity index (χ4n) is 2.48. The first-order valence-corrected chi connectivity index (χ1v) is 6.71. The average Bonchev–Trinajstić information content (AvgIpc) is 3.15. The van der Waals surface area contributed by atoms with E-state index in [1.807, 2.05) is 0 Å². The molecule has 1 amide bonds. The largest absolute Gasteiger partial charge is 0.355 e. The van der Waals surface area contributed by atoms with Gasteiger partial charge in [-0.25, -0.2) is 0 Å². The summed E-state index contributed by atoms with van der Waals surface area (Å²) in [6.45, 7) is 3.49. The van der Waals surface area contributed by atoms with E-state index in [0.717, 1.165) is 13.0 Å². The number of nitrogens with two attached hydrogens (primary N) is 1. The summed E-state index contributed by atoms with van der Waals surface area (Å²) in [6, 6.07) is 8.48. The van der Waals surface area contributed by atoms with E-state index in [0.29, 0.717) is 13.0 Å². The molecule has 19 heavy (non-hydrogen) atoms. The number of benzene rings is 1. The molecule has 1 aliphatic rings. The molecule has 106 valence electrons.